The van der Waals surface area contributed by atoms with Gasteiger partial charge >= 0.3 is 5.97 Å². The van der Waals surface area contributed by atoms with Crippen molar-refractivity contribution in [2.24, 2.45) is 0 Å². The van der Waals surface area contributed by atoms with Gasteiger partial charge < -0.3 is 19.9 Å². The number of anilines is 2. The molecule has 134 valence electrons. The van der Waals surface area contributed by atoms with Crippen LogP contribution in [0, 0.1) is 0 Å². The third kappa shape index (κ3) is 3.47. The van der Waals surface area contributed by atoms with Gasteiger partial charge in [-0.2, -0.15) is 0 Å². The van der Waals surface area contributed by atoms with Gasteiger partial charge in [0.1, 0.15) is 11.5 Å². The quantitative estimate of drug-likeness (QED) is 0.635. The fourth-order valence-corrected chi connectivity index (χ4v) is 2.98. The number of halogens is 2. The first-order chi connectivity index (χ1) is 12.4. The van der Waals surface area contributed by atoms with Gasteiger partial charge in [-0.25, -0.2) is 9.78 Å². The number of aromatic carboxylic acids is 1. The minimum Gasteiger partial charge on any atom is -0.497 e. The van der Waals surface area contributed by atoms with Gasteiger partial charge in [0.25, 0.3) is 0 Å². The summed E-state index contributed by atoms with van der Waals surface area (Å²) in [6.45, 7) is 0. The number of carboxylic acid groups (broad SMARTS) is 1. The number of ether oxygens (including phenoxy) is 2. The minimum absolute atomic E-state index is 0.0952. The van der Waals surface area contributed by atoms with Crippen LogP contribution in [0.2, 0.25) is 10.0 Å². The molecule has 0 saturated carbocycles. The lowest BCUT2D eigenvalue weighted by Crippen LogP contribution is -2.03. The summed E-state index contributed by atoms with van der Waals surface area (Å²) in [4.78, 5) is 15.6. The molecular formula is C18H14Cl2N2O4. The summed E-state index contributed by atoms with van der Waals surface area (Å²) in [5, 5.41) is 13.9. The highest BCUT2D eigenvalue weighted by atomic mass is 35.5. The van der Waals surface area contributed by atoms with Crippen LogP contribution < -0.4 is 14.8 Å². The standard InChI is InChI=1S/C18H14Cl2N2O4/c1-25-9-3-4-13-10(5-9)14(7-16(21-13)18(23)24)22-15-8-17(26-2)12(20)6-11(15)19/h3-8H,1-2H3,(H,21,22)(H,23,24). The highest BCUT2D eigenvalue weighted by Crippen LogP contribution is 2.37. The van der Waals surface area contributed by atoms with Gasteiger partial charge in [-0.05, 0) is 30.3 Å². The van der Waals surface area contributed by atoms with Crippen LogP contribution in [0.1, 0.15) is 10.5 Å². The number of hydrogen-bond acceptors (Lipinski definition) is 5. The molecule has 8 heteroatoms. The Morgan fingerprint density at radius 2 is 1.81 bits per heavy atom. The summed E-state index contributed by atoms with van der Waals surface area (Å²) in [6, 6.07) is 9.78. The lowest BCUT2D eigenvalue weighted by Gasteiger charge is -2.14. The van der Waals surface area contributed by atoms with E-state index in [0.29, 0.717) is 43.8 Å². The van der Waals surface area contributed by atoms with E-state index in [-0.39, 0.29) is 5.69 Å². The van der Waals surface area contributed by atoms with E-state index in [4.69, 9.17) is 32.7 Å². The molecule has 0 spiro atoms. The van der Waals surface area contributed by atoms with Gasteiger partial charge in [0, 0.05) is 11.5 Å². The molecule has 0 aliphatic rings. The van der Waals surface area contributed by atoms with E-state index >= 15 is 0 Å². The molecule has 0 bridgehead atoms. The molecule has 2 N–H and O–H groups in total. The molecule has 0 atom stereocenters. The second-order valence-electron chi connectivity index (χ2n) is 5.33. The summed E-state index contributed by atoms with van der Waals surface area (Å²) in [5.74, 6) is -0.0799. The van der Waals surface area contributed by atoms with Crippen LogP contribution >= 0.6 is 23.2 Å². The van der Waals surface area contributed by atoms with Crippen molar-refractivity contribution in [3.8, 4) is 11.5 Å². The molecule has 0 saturated heterocycles. The molecule has 0 aliphatic heterocycles. The molecule has 0 amide bonds. The van der Waals surface area contributed by atoms with E-state index in [2.05, 4.69) is 10.3 Å². The van der Waals surface area contributed by atoms with Crippen LogP contribution in [0.25, 0.3) is 10.9 Å². The van der Waals surface area contributed by atoms with Crippen LogP contribution in [0.3, 0.4) is 0 Å². The number of methoxy groups -OCH3 is 2. The fourth-order valence-electron chi connectivity index (χ4n) is 2.47. The first kappa shape index (κ1) is 18.1. The molecule has 0 fully saturated rings. The Morgan fingerprint density at radius 3 is 2.46 bits per heavy atom. The molecule has 0 radical (unpaired) electrons. The zero-order valence-corrected chi connectivity index (χ0v) is 15.4. The Hall–Kier alpha value is -2.70. The van der Waals surface area contributed by atoms with Gasteiger partial charge in [-0.1, -0.05) is 23.2 Å². The Morgan fingerprint density at radius 1 is 1.04 bits per heavy atom. The average molecular weight is 393 g/mol. The Kier molecular flexibility index (Phi) is 5.06. The number of benzene rings is 2. The van der Waals surface area contributed by atoms with Crippen molar-refractivity contribution in [2.45, 2.75) is 0 Å². The van der Waals surface area contributed by atoms with E-state index in [1.165, 1.54) is 13.2 Å². The largest absolute Gasteiger partial charge is 0.497 e. The normalized spacial score (nSPS) is 10.6. The van der Waals surface area contributed by atoms with Crippen LogP contribution in [0.4, 0.5) is 11.4 Å². The first-order valence-corrected chi connectivity index (χ1v) is 8.20. The monoisotopic (exact) mass is 392 g/mol. The van der Waals surface area contributed by atoms with Gasteiger partial charge in [0.15, 0.2) is 5.69 Å². The first-order valence-electron chi connectivity index (χ1n) is 7.45. The van der Waals surface area contributed by atoms with Crippen LogP contribution in [-0.4, -0.2) is 30.3 Å². The van der Waals surface area contributed by atoms with Crippen molar-refractivity contribution in [3.63, 3.8) is 0 Å². The zero-order valence-electron chi connectivity index (χ0n) is 13.8. The Bertz CT molecular complexity index is 1010. The van der Waals surface area contributed by atoms with Crippen LogP contribution in [0.15, 0.2) is 36.4 Å². The number of fused-ring (bicyclic) bond motifs is 1. The zero-order chi connectivity index (χ0) is 18.8. The Balaban J connectivity index is 2.18. The SMILES string of the molecule is COc1ccc2nc(C(=O)O)cc(Nc3cc(OC)c(Cl)cc3Cl)c2c1. The molecule has 1 heterocycles. The van der Waals surface area contributed by atoms with Crippen molar-refractivity contribution in [2.75, 3.05) is 19.5 Å². The lowest BCUT2D eigenvalue weighted by molar-refractivity contribution is 0.0691. The van der Waals surface area contributed by atoms with E-state index in [1.807, 2.05) is 0 Å². The summed E-state index contributed by atoms with van der Waals surface area (Å²) >= 11 is 12.3. The van der Waals surface area contributed by atoms with E-state index < -0.39 is 5.97 Å². The molecule has 0 aliphatic carbocycles. The predicted molar refractivity (Wildman–Crippen MR) is 102 cm³/mol. The third-order valence-corrected chi connectivity index (χ3v) is 4.35. The smallest absolute Gasteiger partial charge is 0.354 e. The Labute approximate surface area is 159 Å². The van der Waals surface area contributed by atoms with E-state index in [9.17, 15) is 9.90 Å². The maximum Gasteiger partial charge on any atom is 0.354 e. The molecule has 0 unspecified atom stereocenters. The highest BCUT2D eigenvalue weighted by molar-refractivity contribution is 6.37. The van der Waals surface area contributed by atoms with Crippen LogP contribution in [0.5, 0.6) is 11.5 Å². The fraction of sp³-hybridized carbons (Fsp3) is 0.111. The second-order valence-corrected chi connectivity index (χ2v) is 6.15. The van der Waals surface area contributed by atoms with Crippen LogP contribution in [-0.2, 0) is 0 Å². The topological polar surface area (TPSA) is 80.7 Å². The number of carboxylic acids is 1. The number of aromatic nitrogens is 1. The van der Waals surface area contributed by atoms with Gasteiger partial charge in [-0.15, -0.1) is 0 Å². The van der Waals surface area contributed by atoms with Gasteiger partial charge in [0.2, 0.25) is 0 Å². The molecule has 3 rings (SSSR count). The maximum absolute atomic E-state index is 11.4. The van der Waals surface area contributed by atoms with E-state index in [1.54, 1.807) is 37.4 Å². The minimum atomic E-state index is -1.13. The molecule has 3 aromatic rings. The number of carbonyl (C=O) groups is 1. The summed E-state index contributed by atoms with van der Waals surface area (Å²) in [5.41, 5.74) is 1.43. The summed E-state index contributed by atoms with van der Waals surface area (Å²) in [7, 11) is 3.04. The molecular weight excluding hydrogens is 379 g/mol. The highest BCUT2D eigenvalue weighted by Gasteiger charge is 2.14. The predicted octanol–water partition coefficient (Wildman–Crippen LogP) is 5.00. The lowest BCUT2D eigenvalue weighted by atomic mass is 10.1. The van der Waals surface area contributed by atoms with Crippen molar-refractivity contribution in [1.82, 2.24) is 4.98 Å². The van der Waals surface area contributed by atoms with E-state index in [0.717, 1.165) is 0 Å². The van der Waals surface area contributed by atoms with Gasteiger partial charge in [-0.3, -0.25) is 0 Å². The van der Waals surface area contributed by atoms with Crippen molar-refractivity contribution in [3.05, 3.63) is 52.1 Å². The van der Waals surface area contributed by atoms with Crippen molar-refractivity contribution < 1.29 is 19.4 Å². The van der Waals surface area contributed by atoms with Crippen molar-refractivity contribution in [1.29, 1.82) is 0 Å². The number of pyridine rings is 1. The number of nitrogens with one attached hydrogen (secondary N) is 1. The number of rotatable bonds is 5. The number of nitrogens with zero attached hydrogens (tertiary/aromatic N) is 1. The maximum atomic E-state index is 11.4. The number of hydrogen-bond donors (Lipinski definition) is 2. The van der Waals surface area contributed by atoms with Gasteiger partial charge in [0.05, 0.1) is 41.2 Å². The molecule has 26 heavy (non-hydrogen) atoms. The van der Waals surface area contributed by atoms with Crippen molar-refractivity contribution >= 4 is 51.4 Å². The third-order valence-electron chi connectivity index (χ3n) is 3.75. The molecule has 6 nitrogen and oxygen atoms in total. The second kappa shape index (κ2) is 7.27. The summed E-state index contributed by atoms with van der Waals surface area (Å²) in [6.07, 6.45) is 0. The molecule has 2 aromatic carbocycles. The molecule has 1 aromatic heterocycles. The summed E-state index contributed by atoms with van der Waals surface area (Å²) < 4.78 is 10.5. The average Bonchev–Trinajstić information content (AvgIpc) is 2.63.